The molecule has 4 rings (SSSR count). The molecule has 0 bridgehead atoms. The van der Waals surface area contributed by atoms with Crippen molar-refractivity contribution in [3.8, 4) is 0 Å². The molecule has 2 aliphatic rings. The quantitative estimate of drug-likeness (QED) is 0.612. The fourth-order valence-corrected chi connectivity index (χ4v) is 5.07. The van der Waals surface area contributed by atoms with Crippen LogP contribution in [0.4, 0.5) is 5.69 Å². The predicted octanol–water partition coefficient (Wildman–Crippen LogP) is 5.54. The van der Waals surface area contributed by atoms with E-state index in [1.807, 2.05) is 6.07 Å². The monoisotopic (exact) mass is 429 g/mol. The summed E-state index contributed by atoms with van der Waals surface area (Å²) in [6, 6.07) is 15.2. The van der Waals surface area contributed by atoms with Crippen molar-refractivity contribution in [1.29, 1.82) is 0 Å². The number of aryl methyl sites for hydroxylation is 1. The first kappa shape index (κ1) is 22.2. The van der Waals surface area contributed by atoms with E-state index in [1.165, 1.54) is 41.7 Å². The van der Waals surface area contributed by atoms with E-state index in [0.29, 0.717) is 0 Å². The molecule has 2 heterocycles. The minimum Gasteiger partial charge on any atom is -0.358 e. The normalized spacial score (nSPS) is 17.4. The van der Waals surface area contributed by atoms with Gasteiger partial charge < -0.3 is 16.0 Å². The van der Waals surface area contributed by atoms with E-state index in [2.05, 4.69) is 65.2 Å². The van der Waals surface area contributed by atoms with E-state index < -0.39 is 0 Å². The third-order valence-corrected chi connectivity index (χ3v) is 7.15. The predicted molar refractivity (Wildman–Crippen MR) is 128 cm³/mol. The molecule has 0 unspecified atom stereocenters. The summed E-state index contributed by atoms with van der Waals surface area (Å²) in [5, 5.41) is 4.32. The van der Waals surface area contributed by atoms with Crippen LogP contribution in [0.25, 0.3) is 0 Å². The van der Waals surface area contributed by atoms with Gasteiger partial charge >= 0.3 is 0 Å². The van der Waals surface area contributed by atoms with Gasteiger partial charge in [-0.3, -0.25) is 0 Å². The molecule has 0 atom stereocenters. The van der Waals surface area contributed by atoms with Gasteiger partial charge in [-0.15, -0.1) is 11.8 Å². The van der Waals surface area contributed by atoms with Crippen LogP contribution in [-0.4, -0.2) is 37.8 Å². The molecule has 1 spiro atoms. The first-order chi connectivity index (χ1) is 14.1. The summed E-state index contributed by atoms with van der Waals surface area (Å²) in [5.41, 5.74) is 9.68. The highest BCUT2D eigenvalue weighted by Gasteiger charge is 2.44. The van der Waals surface area contributed by atoms with Gasteiger partial charge in [0.1, 0.15) is 0 Å². The summed E-state index contributed by atoms with van der Waals surface area (Å²) in [4.78, 5) is 3.95. The van der Waals surface area contributed by atoms with Crippen molar-refractivity contribution in [2.75, 3.05) is 38.3 Å². The number of hydrogen-bond donors (Lipinski definition) is 2. The highest BCUT2D eigenvalue weighted by Crippen LogP contribution is 2.50. The number of hydrogen-bond acceptors (Lipinski definition) is 4. The first-order valence-corrected chi connectivity index (χ1v) is 11.9. The maximum absolute atomic E-state index is 6.28. The molecule has 0 aliphatic carbocycles. The zero-order valence-electron chi connectivity index (χ0n) is 17.5. The Morgan fingerprint density at radius 3 is 2.48 bits per heavy atom. The Morgan fingerprint density at radius 2 is 1.83 bits per heavy atom. The van der Waals surface area contributed by atoms with Crippen LogP contribution in [0, 0.1) is 0 Å². The second-order valence-corrected chi connectivity index (χ2v) is 8.98. The number of halogens is 1. The maximum Gasteiger partial charge on any atom is 0.0425 e. The molecule has 5 heteroatoms. The fourth-order valence-electron chi connectivity index (χ4n) is 4.49. The molecule has 156 valence electrons. The molecule has 0 aromatic heterocycles. The Kier molecular flexibility index (Phi) is 7.69. The number of nitrogens with one attached hydrogen (secondary N) is 1. The van der Waals surface area contributed by atoms with Crippen LogP contribution in [0.3, 0.4) is 0 Å². The summed E-state index contributed by atoms with van der Waals surface area (Å²) >= 11 is 8.08. The van der Waals surface area contributed by atoms with Gasteiger partial charge in [0.15, 0.2) is 0 Å². The van der Waals surface area contributed by atoms with Gasteiger partial charge in [-0.05, 0) is 100 Å². The Bertz CT molecular complexity index is 827. The lowest BCUT2D eigenvalue weighted by Gasteiger charge is -2.40. The molecule has 0 radical (unpaired) electrons. The van der Waals surface area contributed by atoms with Gasteiger partial charge in [0.05, 0.1) is 0 Å². The van der Waals surface area contributed by atoms with Crippen molar-refractivity contribution >= 4 is 29.1 Å². The molecular weight excluding hydrogens is 398 g/mol. The van der Waals surface area contributed by atoms with Crippen molar-refractivity contribution < 1.29 is 0 Å². The van der Waals surface area contributed by atoms with E-state index in [-0.39, 0.29) is 5.41 Å². The summed E-state index contributed by atoms with van der Waals surface area (Å²) in [5.74, 6) is 0. The first-order valence-electron chi connectivity index (χ1n) is 10.3. The highest BCUT2D eigenvalue weighted by molar-refractivity contribution is 7.98. The Labute approximate surface area is 184 Å². The van der Waals surface area contributed by atoms with Crippen LogP contribution in [-0.2, 0) is 11.8 Å². The van der Waals surface area contributed by atoms with Crippen LogP contribution < -0.4 is 11.1 Å². The van der Waals surface area contributed by atoms with Crippen molar-refractivity contribution in [3.05, 3.63) is 70.9 Å². The number of nitrogens with two attached hydrogens (primary N) is 1. The minimum atomic E-state index is 0.0599. The molecule has 1 saturated heterocycles. The van der Waals surface area contributed by atoms with Gasteiger partial charge in [0.2, 0.25) is 0 Å². The van der Waals surface area contributed by atoms with Crippen LogP contribution in [0.2, 0.25) is 5.02 Å². The molecule has 3 N–H and O–H groups in total. The number of anilines is 1. The summed E-state index contributed by atoms with van der Waals surface area (Å²) in [6.07, 6.45) is 6.73. The number of thioether (sulfide) groups is 1. The third-order valence-electron chi connectivity index (χ3n) is 6.17. The van der Waals surface area contributed by atoms with Crippen LogP contribution in [0.15, 0.2) is 59.6 Å². The molecule has 0 saturated carbocycles. The van der Waals surface area contributed by atoms with E-state index in [4.69, 9.17) is 11.6 Å². The topological polar surface area (TPSA) is 41.3 Å². The minimum absolute atomic E-state index is 0.0599. The second kappa shape index (κ2) is 10.0. The van der Waals surface area contributed by atoms with Gasteiger partial charge in [0, 0.05) is 26.7 Å². The molecule has 2 aliphatic heterocycles. The third kappa shape index (κ3) is 4.83. The molecule has 0 amide bonds. The van der Waals surface area contributed by atoms with Crippen molar-refractivity contribution in [2.24, 2.45) is 5.73 Å². The standard InChI is InChI=1S/C23H27ClN2S.CH5N/c1-17-23(21-16-19(24)7-10-22(21)25-17)11-14-26(15-12-23)13-3-4-18-5-8-20(27-2)9-6-18;1-2/h5-10,16,25H,1,3-4,11-15H2,2H3;2H2,1H3. The number of piperidine rings is 1. The van der Waals surface area contributed by atoms with E-state index in [1.54, 1.807) is 11.8 Å². The van der Waals surface area contributed by atoms with Crippen molar-refractivity contribution in [2.45, 2.75) is 36.0 Å². The number of allylic oxidation sites excluding steroid dienone is 1. The number of benzene rings is 2. The second-order valence-electron chi connectivity index (χ2n) is 7.67. The molecule has 1 fully saturated rings. The number of nitrogens with zero attached hydrogens (tertiary/aromatic N) is 1. The molecular formula is C24H32ClN3S. The van der Waals surface area contributed by atoms with E-state index in [0.717, 1.165) is 43.1 Å². The number of rotatable bonds is 5. The van der Waals surface area contributed by atoms with E-state index >= 15 is 0 Å². The fraction of sp³-hybridized carbons (Fsp3) is 0.417. The van der Waals surface area contributed by atoms with Gasteiger partial charge in [0.25, 0.3) is 0 Å². The lowest BCUT2D eigenvalue weighted by molar-refractivity contribution is 0.179. The number of likely N-dealkylation sites (tertiary alicyclic amines) is 1. The Hall–Kier alpha value is -1.46. The zero-order chi connectivity index (χ0) is 20.9. The number of fused-ring (bicyclic) bond motifs is 2. The Morgan fingerprint density at radius 1 is 1.14 bits per heavy atom. The largest absolute Gasteiger partial charge is 0.358 e. The van der Waals surface area contributed by atoms with Crippen LogP contribution in [0.1, 0.15) is 30.4 Å². The van der Waals surface area contributed by atoms with Gasteiger partial charge in [-0.2, -0.15) is 0 Å². The Balaban J connectivity index is 0.00000117. The molecule has 2 aromatic rings. The highest BCUT2D eigenvalue weighted by atomic mass is 35.5. The molecule has 3 nitrogen and oxygen atoms in total. The van der Waals surface area contributed by atoms with Gasteiger partial charge in [-0.1, -0.05) is 30.3 Å². The summed E-state index contributed by atoms with van der Waals surface area (Å²) in [7, 11) is 1.50. The van der Waals surface area contributed by atoms with Gasteiger partial charge in [-0.25, -0.2) is 0 Å². The zero-order valence-corrected chi connectivity index (χ0v) is 19.1. The maximum atomic E-state index is 6.28. The molecule has 29 heavy (non-hydrogen) atoms. The van der Waals surface area contributed by atoms with Crippen molar-refractivity contribution in [3.63, 3.8) is 0 Å². The average Bonchev–Trinajstić information content (AvgIpc) is 3.02. The SMILES string of the molecule is C=C1Nc2ccc(Cl)cc2C12CCN(CCCc1ccc(SC)cc1)CC2.CN. The average molecular weight is 430 g/mol. The van der Waals surface area contributed by atoms with E-state index in [9.17, 15) is 0 Å². The van der Waals surface area contributed by atoms with Crippen LogP contribution >= 0.6 is 23.4 Å². The smallest absolute Gasteiger partial charge is 0.0425 e. The summed E-state index contributed by atoms with van der Waals surface area (Å²) < 4.78 is 0. The lowest BCUT2D eigenvalue weighted by atomic mass is 9.72. The summed E-state index contributed by atoms with van der Waals surface area (Å²) in [6.45, 7) is 7.76. The van der Waals surface area contributed by atoms with Crippen molar-refractivity contribution in [1.82, 2.24) is 4.90 Å². The van der Waals surface area contributed by atoms with Crippen LogP contribution in [0.5, 0.6) is 0 Å². The molecule has 2 aromatic carbocycles. The lowest BCUT2D eigenvalue weighted by Crippen LogP contribution is -2.43.